The zero-order chi connectivity index (χ0) is 7.40. The largest absolute Gasteiger partial charge is 0.335 e. The Bertz CT molecular complexity index is 228. The minimum atomic E-state index is 0. The Morgan fingerprint density at radius 2 is 2.36 bits per heavy atom. The summed E-state index contributed by atoms with van der Waals surface area (Å²) < 4.78 is 1.99. The molecule has 0 bridgehead atoms. The van der Waals surface area contributed by atoms with E-state index in [0.29, 0.717) is 0 Å². The first-order valence-electron chi connectivity index (χ1n) is 3.48. The molecule has 3 heteroatoms. The van der Waals surface area contributed by atoms with Gasteiger partial charge in [0.25, 0.3) is 0 Å². The molecule has 0 radical (unpaired) electrons. The quantitative estimate of drug-likeness (QED) is 0.743. The Balaban J connectivity index is 0.000001000. The van der Waals surface area contributed by atoms with Crippen molar-refractivity contribution in [3.8, 4) is 0 Å². The highest BCUT2D eigenvalue weighted by Gasteiger charge is 1.89. The van der Waals surface area contributed by atoms with Gasteiger partial charge in [-0.1, -0.05) is 13.0 Å². The van der Waals surface area contributed by atoms with E-state index in [-0.39, 0.29) is 17.0 Å². The molecule has 0 spiro atoms. The fraction of sp³-hybridized carbons (Fsp3) is 0.375. The van der Waals surface area contributed by atoms with Crippen LogP contribution in [-0.4, -0.2) is 9.55 Å². The van der Waals surface area contributed by atoms with Crippen molar-refractivity contribution in [3.05, 3.63) is 24.3 Å². The average Bonchev–Trinajstić information content (AvgIpc) is 2.31. The summed E-state index contributed by atoms with van der Waals surface area (Å²) in [7, 11) is 1.99. The predicted octanol–water partition coefficient (Wildman–Crippen LogP) is 2.42. The molecule has 0 saturated carbocycles. The van der Waals surface area contributed by atoms with Crippen LogP contribution in [0.25, 0.3) is 6.08 Å². The molecule has 1 aromatic heterocycles. The number of allylic oxidation sites excluding steroid dienone is 1. The molecule has 1 heterocycles. The maximum absolute atomic E-state index is 4.13. The van der Waals surface area contributed by atoms with Gasteiger partial charge >= 0.3 is 0 Å². The number of hydrogen-bond acceptors (Lipinski definition) is 1. The van der Waals surface area contributed by atoms with Crippen molar-refractivity contribution in [2.75, 3.05) is 0 Å². The van der Waals surface area contributed by atoms with Gasteiger partial charge in [-0.05, 0) is 12.5 Å². The summed E-state index contributed by atoms with van der Waals surface area (Å²) in [6.07, 6.45) is 8.93. The lowest BCUT2D eigenvalue weighted by Crippen LogP contribution is -1.88. The highest BCUT2D eigenvalue weighted by Crippen LogP contribution is 1.97. The van der Waals surface area contributed by atoms with Crippen LogP contribution in [0, 0.1) is 0 Å². The van der Waals surface area contributed by atoms with Crippen LogP contribution in [0.15, 0.2) is 18.5 Å². The van der Waals surface area contributed by atoms with Crippen molar-refractivity contribution < 1.29 is 0 Å². The topological polar surface area (TPSA) is 17.8 Å². The second-order valence-electron chi connectivity index (χ2n) is 2.21. The van der Waals surface area contributed by atoms with Gasteiger partial charge in [-0.3, -0.25) is 0 Å². The minimum absolute atomic E-state index is 0. The Hall–Kier alpha value is -0.570. The van der Waals surface area contributed by atoms with E-state index >= 15 is 0 Å². The third-order valence-electron chi connectivity index (χ3n) is 1.36. The van der Waals surface area contributed by atoms with Crippen molar-refractivity contribution in [1.29, 1.82) is 0 Å². The van der Waals surface area contributed by atoms with Crippen molar-refractivity contribution in [2.45, 2.75) is 13.3 Å². The summed E-state index contributed by atoms with van der Waals surface area (Å²) in [6.45, 7) is 2.11. The van der Waals surface area contributed by atoms with Gasteiger partial charge in [-0.2, -0.15) is 0 Å². The predicted molar refractivity (Wildman–Crippen MR) is 52.9 cm³/mol. The number of nitrogens with zero attached hydrogens (tertiary/aromatic N) is 2. The second kappa shape index (κ2) is 5.13. The van der Waals surface area contributed by atoms with Gasteiger partial charge in [0.05, 0.1) is 0 Å². The monoisotopic (exact) mass is 216 g/mol. The maximum Gasteiger partial charge on any atom is 0.131 e. The third kappa shape index (κ3) is 2.89. The Morgan fingerprint density at radius 3 is 2.82 bits per heavy atom. The lowest BCUT2D eigenvalue weighted by atomic mass is 10.4. The molecule has 0 saturated heterocycles. The number of imidazole rings is 1. The van der Waals surface area contributed by atoms with E-state index in [1.54, 1.807) is 6.20 Å². The van der Waals surface area contributed by atoms with Crippen molar-refractivity contribution in [3.63, 3.8) is 0 Å². The molecule has 1 aromatic rings. The van der Waals surface area contributed by atoms with Gasteiger partial charge in [-0.15, -0.1) is 17.0 Å². The van der Waals surface area contributed by atoms with Crippen LogP contribution in [0.3, 0.4) is 0 Å². The molecular weight excluding hydrogens is 204 g/mol. The Labute approximate surface area is 77.7 Å². The van der Waals surface area contributed by atoms with Crippen LogP contribution in [0.4, 0.5) is 0 Å². The third-order valence-corrected chi connectivity index (χ3v) is 1.36. The molecule has 0 aliphatic carbocycles. The highest BCUT2D eigenvalue weighted by atomic mass is 79.9. The Kier molecular flexibility index (Phi) is 4.86. The van der Waals surface area contributed by atoms with Gasteiger partial charge in [0.15, 0.2) is 0 Å². The van der Waals surface area contributed by atoms with Crippen LogP contribution in [0.2, 0.25) is 0 Å². The smallest absolute Gasteiger partial charge is 0.131 e. The zero-order valence-electron chi connectivity index (χ0n) is 6.82. The van der Waals surface area contributed by atoms with E-state index in [0.717, 1.165) is 12.2 Å². The lowest BCUT2D eigenvalue weighted by molar-refractivity contribution is 0.896. The molecule has 0 atom stereocenters. The van der Waals surface area contributed by atoms with Crippen LogP contribution in [0.1, 0.15) is 19.2 Å². The molecule has 62 valence electrons. The van der Waals surface area contributed by atoms with Gasteiger partial charge in [-0.25, -0.2) is 4.98 Å². The van der Waals surface area contributed by atoms with Crippen LogP contribution in [-0.2, 0) is 7.05 Å². The first kappa shape index (κ1) is 10.4. The molecule has 0 fully saturated rings. The van der Waals surface area contributed by atoms with Crippen molar-refractivity contribution in [2.24, 2.45) is 7.05 Å². The van der Waals surface area contributed by atoms with Gasteiger partial charge in [0, 0.05) is 19.4 Å². The molecule has 0 aliphatic rings. The average molecular weight is 217 g/mol. The lowest BCUT2D eigenvalue weighted by Gasteiger charge is -1.91. The number of hydrogen-bond donors (Lipinski definition) is 0. The van der Waals surface area contributed by atoms with Gasteiger partial charge in [0.2, 0.25) is 0 Å². The summed E-state index contributed by atoms with van der Waals surface area (Å²) in [5, 5.41) is 0. The first-order valence-corrected chi connectivity index (χ1v) is 3.48. The fourth-order valence-electron chi connectivity index (χ4n) is 0.761. The summed E-state index contributed by atoms with van der Waals surface area (Å²) in [6, 6.07) is 0. The Morgan fingerprint density at radius 1 is 1.64 bits per heavy atom. The first-order chi connectivity index (χ1) is 4.84. The molecule has 1 rings (SSSR count). The molecule has 0 amide bonds. The second-order valence-corrected chi connectivity index (χ2v) is 2.21. The van der Waals surface area contributed by atoms with Crippen LogP contribution in [0.5, 0.6) is 0 Å². The minimum Gasteiger partial charge on any atom is -0.335 e. The molecule has 0 unspecified atom stereocenters. The highest BCUT2D eigenvalue weighted by molar-refractivity contribution is 8.93. The molecule has 0 aromatic carbocycles. The van der Waals surface area contributed by atoms with E-state index in [1.165, 1.54) is 0 Å². The van der Waals surface area contributed by atoms with E-state index in [9.17, 15) is 0 Å². The summed E-state index contributed by atoms with van der Waals surface area (Å²) in [5.41, 5.74) is 0. The summed E-state index contributed by atoms with van der Waals surface area (Å²) in [5.74, 6) is 1.02. The van der Waals surface area contributed by atoms with E-state index in [1.807, 2.05) is 23.9 Å². The van der Waals surface area contributed by atoms with Gasteiger partial charge < -0.3 is 4.57 Å². The number of halogens is 1. The van der Waals surface area contributed by atoms with Crippen molar-refractivity contribution in [1.82, 2.24) is 9.55 Å². The molecule has 0 N–H and O–H groups in total. The SMILES string of the molecule is Br.CCC=Cc1nccn1C. The molecular formula is C8H13BrN2. The summed E-state index contributed by atoms with van der Waals surface area (Å²) in [4.78, 5) is 4.13. The molecule has 11 heavy (non-hydrogen) atoms. The standard InChI is InChI=1S/C8H12N2.BrH/c1-3-4-5-8-9-6-7-10(8)2;/h4-7H,3H2,1-2H3;1H. The van der Waals surface area contributed by atoms with E-state index in [2.05, 4.69) is 18.0 Å². The number of aryl methyl sites for hydroxylation is 1. The van der Waals surface area contributed by atoms with Crippen LogP contribution < -0.4 is 0 Å². The summed E-state index contributed by atoms with van der Waals surface area (Å²) >= 11 is 0. The molecule has 0 aliphatic heterocycles. The zero-order valence-corrected chi connectivity index (χ0v) is 8.53. The molecule has 2 nitrogen and oxygen atoms in total. The number of aromatic nitrogens is 2. The normalized spacial score (nSPS) is 10.0. The van der Waals surface area contributed by atoms with Crippen LogP contribution >= 0.6 is 17.0 Å². The fourth-order valence-corrected chi connectivity index (χ4v) is 0.761. The maximum atomic E-state index is 4.13. The number of rotatable bonds is 2. The van der Waals surface area contributed by atoms with Gasteiger partial charge in [0.1, 0.15) is 5.82 Å². The van der Waals surface area contributed by atoms with Crippen molar-refractivity contribution >= 4 is 23.1 Å². The van der Waals surface area contributed by atoms with E-state index in [4.69, 9.17) is 0 Å². The van der Waals surface area contributed by atoms with E-state index < -0.39 is 0 Å².